The molecule has 150 valence electrons. The number of sulfonamides is 1. The molecule has 2 aliphatic rings. The van der Waals surface area contributed by atoms with Crippen LogP contribution in [0.25, 0.3) is 0 Å². The van der Waals surface area contributed by atoms with Crippen molar-refractivity contribution in [3.63, 3.8) is 0 Å². The molecule has 1 saturated carbocycles. The first-order valence-electron chi connectivity index (χ1n) is 10.4. The molecule has 1 aromatic carbocycles. The molecular formula is C21H32N2O3S. The largest absolute Gasteiger partial charge is 0.326 e. The summed E-state index contributed by atoms with van der Waals surface area (Å²) in [6.45, 7) is 3.39. The number of rotatable bonds is 7. The van der Waals surface area contributed by atoms with Crippen molar-refractivity contribution in [3.05, 3.63) is 24.3 Å². The van der Waals surface area contributed by atoms with E-state index in [-0.39, 0.29) is 16.7 Å². The highest BCUT2D eigenvalue weighted by Crippen LogP contribution is 2.32. The van der Waals surface area contributed by atoms with Gasteiger partial charge in [0.15, 0.2) is 0 Å². The minimum Gasteiger partial charge on any atom is -0.326 e. The minimum atomic E-state index is -3.46. The second-order valence-corrected chi connectivity index (χ2v) is 9.93. The van der Waals surface area contributed by atoms with Crippen LogP contribution in [0.15, 0.2) is 29.2 Å². The molecule has 1 N–H and O–H groups in total. The molecule has 6 heteroatoms. The molecule has 0 unspecified atom stereocenters. The number of carbonyl (C=O) groups is 1. The Hall–Kier alpha value is -1.40. The summed E-state index contributed by atoms with van der Waals surface area (Å²) in [6, 6.07) is 6.69. The highest BCUT2D eigenvalue weighted by molar-refractivity contribution is 7.89. The number of anilines is 1. The number of nitrogens with zero attached hydrogens (tertiary/aromatic N) is 1. The van der Waals surface area contributed by atoms with Gasteiger partial charge in [0.2, 0.25) is 15.9 Å². The van der Waals surface area contributed by atoms with Gasteiger partial charge in [0.1, 0.15) is 0 Å². The summed E-state index contributed by atoms with van der Waals surface area (Å²) in [4.78, 5) is 12.9. The summed E-state index contributed by atoms with van der Waals surface area (Å²) in [7, 11) is -3.46. The molecular weight excluding hydrogens is 360 g/mol. The van der Waals surface area contributed by atoms with Gasteiger partial charge in [-0.25, -0.2) is 8.42 Å². The lowest BCUT2D eigenvalue weighted by Gasteiger charge is -2.27. The number of carbonyl (C=O) groups excluding carboxylic acids is 1. The van der Waals surface area contributed by atoms with Gasteiger partial charge in [-0.2, -0.15) is 4.31 Å². The third kappa shape index (κ3) is 5.11. The number of hydrogen-bond acceptors (Lipinski definition) is 3. The Morgan fingerprint density at radius 2 is 1.85 bits per heavy atom. The van der Waals surface area contributed by atoms with E-state index in [9.17, 15) is 13.2 Å². The van der Waals surface area contributed by atoms with Crippen LogP contribution in [0.5, 0.6) is 0 Å². The molecule has 0 bridgehead atoms. The lowest BCUT2D eigenvalue weighted by molar-refractivity contribution is -0.121. The molecule has 0 spiro atoms. The van der Waals surface area contributed by atoms with Crippen molar-refractivity contribution < 1.29 is 13.2 Å². The molecule has 27 heavy (non-hydrogen) atoms. The predicted octanol–water partition coefficient (Wildman–Crippen LogP) is 4.41. The maximum atomic E-state index is 12.7. The first-order chi connectivity index (χ1) is 13.0. The van der Waals surface area contributed by atoms with Crippen molar-refractivity contribution in [1.82, 2.24) is 4.31 Å². The summed E-state index contributed by atoms with van der Waals surface area (Å²) in [5, 5.41) is 2.95. The predicted molar refractivity (Wildman–Crippen MR) is 108 cm³/mol. The van der Waals surface area contributed by atoms with Crippen molar-refractivity contribution in [2.24, 2.45) is 11.8 Å². The van der Waals surface area contributed by atoms with E-state index in [1.54, 1.807) is 24.3 Å². The van der Waals surface area contributed by atoms with Gasteiger partial charge in [0, 0.05) is 24.7 Å². The topological polar surface area (TPSA) is 66.5 Å². The molecule has 2 fully saturated rings. The molecule has 1 aliphatic carbocycles. The van der Waals surface area contributed by atoms with Crippen LogP contribution in [-0.4, -0.2) is 31.7 Å². The maximum absolute atomic E-state index is 12.7. The number of nitrogens with one attached hydrogen (secondary N) is 1. The average molecular weight is 393 g/mol. The van der Waals surface area contributed by atoms with Gasteiger partial charge in [-0.05, 0) is 62.6 Å². The normalized spacial score (nSPS) is 24.0. The van der Waals surface area contributed by atoms with Gasteiger partial charge in [0.05, 0.1) is 4.90 Å². The van der Waals surface area contributed by atoms with Crippen molar-refractivity contribution in [3.8, 4) is 0 Å². The van der Waals surface area contributed by atoms with Crippen LogP contribution in [0, 0.1) is 11.8 Å². The first-order valence-corrected chi connectivity index (χ1v) is 11.9. The Labute approximate surface area is 163 Å². The summed E-state index contributed by atoms with van der Waals surface area (Å²) < 4.78 is 27.0. The summed E-state index contributed by atoms with van der Waals surface area (Å²) in [5.74, 6) is 0.837. The van der Waals surface area contributed by atoms with Crippen LogP contribution in [-0.2, 0) is 14.8 Å². The smallest absolute Gasteiger partial charge is 0.243 e. The summed E-state index contributed by atoms with van der Waals surface area (Å²) >= 11 is 0. The zero-order valence-corrected chi connectivity index (χ0v) is 17.1. The van der Waals surface area contributed by atoms with E-state index in [0.29, 0.717) is 18.8 Å². The Bertz CT molecular complexity index is 734. The van der Waals surface area contributed by atoms with Gasteiger partial charge in [-0.3, -0.25) is 4.79 Å². The van der Waals surface area contributed by atoms with Crippen LogP contribution in [0.4, 0.5) is 5.69 Å². The minimum absolute atomic E-state index is 0.0275. The van der Waals surface area contributed by atoms with E-state index in [1.165, 1.54) is 23.6 Å². The van der Waals surface area contributed by atoms with Gasteiger partial charge in [-0.1, -0.05) is 32.3 Å². The number of unbranched alkanes of at least 4 members (excludes halogenated alkanes) is 1. The van der Waals surface area contributed by atoms with Gasteiger partial charge in [-0.15, -0.1) is 0 Å². The van der Waals surface area contributed by atoms with Crippen LogP contribution in [0.1, 0.15) is 64.7 Å². The molecule has 3 rings (SSSR count). The molecule has 1 aromatic rings. The zero-order valence-electron chi connectivity index (χ0n) is 16.3. The highest BCUT2D eigenvalue weighted by atomic mass is 32.2. The quantitative estimate of drug-likeness (QED) is 0.747. The maximum Gasteiger partial charge on any atom is 0.243 e. The second kappa shape index (κ2) is 9.20. The number of benzene rings is 1. The molecule has 1 amide bonds. The van der Waals surface area contributed by atoms with E-state index in [2.05, 4.69) is 12.2 Å². The molecule has 0 radical (unpaired) electrons. The molecule has 0 atom stereocenters. The third-order valence-corrected chi connectivity index (χ3v) is 7.88. The molecule has 1 heterocycles. The van der Waals surface area contributed by atoms with Gasteiger partial charge < -0.3 is 5.32 Å². The fourth-order valence-corrected chi connectivity index (χ4v) is 5.83. The van der Waals surface area contributed by atoms with Crippen LogP contribution < -0.4 is 5.32 Å². The number of hydrogen-bond donors (Lipinski definition) is 1. The first kappa shape index (κ1) is 20.3. The van der Waals surface area contributed by atoms with E-state index in [0.717, 1.165) is 44.4 Å². The van der Waals surface area contributed by atoms with Gasteiger partial charge in [0.25, 0.3) is 0 Å². The van der Waals surface area contributed by atoms with Crippen LogP contribution >= 0.6 is 0 Å². The van der Waals surface area contributed by atoms with Crippen molar-refractivity contribution in [2.75, 3.05) is 18.4 Å². The SMILES string of the molecule is CCCCC1CCC(C(=O)Nc2cccc(S(=O)(=O)N3CCCC3)c2)CC1. The van der Waals surface area contributed by atoms with Crippen LogP contribution in [0.2, 0.25) is 0 Å². The summed E-state index contributed by atoms with van der Waals surface area (Å²) in [6.07, 6.45) is 9.74. The van der Waals surface area contributed by atoms with Crippen molar-refractivity contribution >= 4 is 21.6 Å². The molecule has 1 saturated heterocycles. The standard InChI is InChI=1S/C21H32N2O3S/c1-2-3-7-17-10-12-18(13-11-17)21(24)22-19-8-6-9-20(16-19)27(25,26)23-14-4-5-15-23/h6,8-9,16-18H,2-5,7,10-15H2,1H3,(H,22,24). The Morgan fingerprint density at radius 3 is 2.52 bits per heavy atom. The zero-order chi connectivity index (χ0) is 19.3. The highest BCUT2D eigenvalue weighted by Gasteiger charge is 2.28. The Morgan fingerprint density at radius 1 is 1.15 bits per heavy atom. The fourth-order valence-electron chi connectivity index (χ4n) is 4.26. The number of amides is 1. The van der Waals surface area contributed by atoms with E-state index in [4.69, 9.17) is 0 Å². The molecule has 5 nitrogen and oxygen atoms in total. The van der Waals surface area contributed by atoms with E-state index >= 15 is 0 Å². The van der Waals surface area contributed by atoms with Crippen LogP contribution in [0.3, 0.4) is 0 Å². The second-order valence-electron chi connectivity index (χ2n) is 7.99. The summed E-state index contributed by atoms with van der Waals surface area (Å²) in [5.41, 5.74) is 0.577. The van der Waals surface area contributed by atoms with Crippen molar-refractivity contribution in [2.45, 2.75) is 69.6 Å². The van der Waals surface area contributed by atoms with E-state index < -0.39 is 10.0 Å². The molecule has 1 aliphatic heterocycles. The monoisotopic (exact) mass is 392 g/mol. The van der Waals surface area contributed by atoms with Gasteiger partial charge >= 0.3 is 0 Å². The Balaban J connectivity index is 1.59. The van der Waals surface area contributed by atoms with Crippen molar-refractivity contribution in [1.29, 1.82) is 0 Å². The lowest BCUT2D eigenvalue weighted by Crippen LogP contribution is -2.28. The molecule has 0 aromatic heterocycles. The average Bonchev–Trinajstić information content (AvgIpc) is 3.22. The fraction of sp³-hybridized carbons (Fsp3) is 0.667. The van der Waals surface area contributed by atoms with E-state index in [1.807, 2.05) is 0 Å². The lowest BCUT2D eigenvalue weighted by atomic mass is 9.79. The Kier molecular flexibility index (Phi) is 6.93. The third-order valence-electron chi connectivity index (χ3n) is 5.99.